The van der Waals surface area contributed by atoms with Crippen LogP contribution in [0.2, 0.25) is 0 Å². The number of hydrogen-bond donors (Lipinski definition) is 3. The van der Waals surface area contributed by atoms with Crippen molar-refractivity contribution in [3.63, 3.8) is 0 Å². The molecule has 0 fully saturated rings. The van der Waals surface area contributed by atoms with Crippen molar-refractivity contribution in [3.05, 3.63) is 89.2 Å². The smallest absolute Gasteiger partial charge is 0.261 e. The lowest BCUT2D eigenvalue weighted by atomic mass is 10.1. The summed E-state index contributed by atoms with van der Waals surface area (Å²) in [5, 5.41) is 5.53. The van der Waals surface area contributed by atoms with E-state index in [1.165, 1.54) is 12.1 Å². The van der Waals surface area contributed by atoms with E-state index in [1.807, 2.05) is 13.8 Å². The number of nitrogens with one attached hydrogen (secondary N) is 3. The Morgan fingerprint density at radius 2 is 1.61 bits per heavy atom. The third kappa shape index (κ3) is 6.39. The Bertz CT molecular complexity index is 1260. The molecule has 3 aromatic carbocycles. The predicted octanol–water partition coefficient (Wildman–Crippen LogP) is 3.87. The number of aryl methyl sites for hydroxylation is 1. The fourth-order valence-corrected chi connectivity index (χ4v) is 4.12. The molecule has 0 aliphatic carbocycles. The predicted molar refractivity (Wildman–Crippen MR) is 125 cm³/mol. The molecule has 33 heavy (non-hydrogen) atoms. The van der Waals surface area contributed by atoms with Gasteiger partial charge in [0.1, 0.15) is 5.82 Å². The van der Waals surface area contributed by atoms with E-state index in [1.54, 1.807) is 42.5 Å². The van der Waals surface area contributed by atoms with Crippen LogP contribution < -0.4 is 15.4 Å². The minimum atomic E-state index is -3.86. The van der Waals surface area contributed by atoms with Crippen molar-refractivity contribution >= 4 is 33.2 Å². The van der Waals surface area contributed by atoms with Crippen LogP contribution in [0.3, 0.4) is 0 Å². The second-order valence-electron chi connectivity index (χ2n) is 7.37. The molecule has 0 atom stereocenters. The second kappa shape index (κ2) is 10.3. The highest BCUT2D eigenvalue weighted by Crippen LogP contribution is 2.19. The molecule has 0 saturated carbocycles. The first-order chi connectivity index (χ1) is 15.7. The van der Waals surface area contributed by atoms with Crippen molar-refractivity contribution < 1.29 is 22.4 Å². The molecule has 0 heterocycles. The van der Waals surface area contributed by atoms with Crippen LogP contribution in [0, 0.1) is 12.7 Å². The standard InChI is InChI=1S/C24H24FN3O4S/c1-3-26-24(30)18-7-4-16(2)22(15-18)27-23(29)14-17-5-10-20(11-6-17)28-33(31,32)21-12-8-19(25)9-13-21/h4-13,15,28H,3,14H2,1-2H3,(H,26,30)(H,27,29). The lowest BCUT2D eigenvalue weighted by Crippen LogP contribution is -2.23. The number of carbonyl (C=O) groups is 2. The lowest BCUT2D eigenvalue weighted by molar-refractivity contribution is -0.115. The van der Waals surface area contributed by atoms with Crippen LogP contribution in [0.4, 0.5) is 15.8 Å². The van der Waals surface area contributed by atoms with Crippen LogP contribution in [0.1, 0.15) is 28.4 Å². The van der Waals surface area contributed by atoms with Crippen molar-refractivity contribution in [2.45, 2.75) is 25.2 Å². The monoisotopic (exact) mass is 469 g/mol. The Balaban J connectivity index is 1.64. The van der Waals surface area contributed by atoms with Crippen molar-refractivity contribution in [3.8, 4) is 0 Å². The molecular formula is C24H24FN3O4S. The summed E-state index contributed by atoms with van der Waals surface area (Å²) in [6, 6.07) is 16.0. The van der Waals surface area contributed by atoms with E-state index in [0.717, 1.165) is 17.7 Å². The lowest BCUT2D eigenvalue weighted by Gasteiger charge is -2.11. The fraction of sp³-hybridized carbons (Fsp3) is 0.167. The zero-order valence-corrected chi connectivity index (χ0v) is 19.0. The van der Waals surface area contributed by atoms with Crippen LogP contribution in [-0.2, 0) is 21.2 Å². The van der Waals surface area contributed by atoms with E-state index in [9.17, 15) is 22.4 Å². The Morgan fingerprint density at radius 3 is 2.24 bits per heavy atom. The highest BCUT2D eigenvalue weighted by Gasteiger charge is 2.15. The Morgan fingerprint density at radius 1 is 0.939 bits per heavy atom. The zero-order valence-electron chi connectivity index (χ0n) is 18.2. The molecule has 0 unspecified atom stereocenters. The van der Waals surface area contributed by atoms with Crippen LogP contribution in [-0.4, -0.2) is 26.8 Å². The van der Waals surface area contributed by atoms with Gasteiger partial charge in [0.25, 0.3) is 15.9 Å². The second-order valence-corrected chi connectivity index (χ2v) is 9.05. The summed E-state index contributed by atoms with van der Waals surface area (Å²) in [5.41, 5.74) is 2.81. The van der Waals surface area contributed by atoms with Crippen LogP contribution in [0.15, 0.2) is 71.6 Å². The first kappa shape index (κ1) is 23.9. The molecule has 9 heteroatoms. The number of carbonyl (C=O) groups excluding carboxylic acids is 2. The summed E-state index contributed by atoms with van der Waals surface area (Å²) >= 11 is 0. The SMILES string of the molecule is CCNC(=O)c1ccc(C)c(NC(=O)Cc2ccc(NS(=O)(=O)c3ccc(F)cc3)cc2)c1. The molecule has 0 spiro atoms. The molecule has 172 valence electrons. The van der Waals surface area contributed by atoms with Crippen molar-refractivity contribution in [1.82, 2.24) is 5.32 Å². The Hall–Kier alpha value is -3.72. The third-order valence-electron chi connectivity index (χ3n) is 4.81. The van der Waals surface area contributed by atoms with Crippen molar-refractivity contribution in [1.29, 1.82) is 0 Å². The number of hydrogen-bond acceptors (Lipinski definition) is 4. The van der Waals surface area contributed by atoms with Gasteiger partial charge < -0.3 is 10.6 Å². The largest absolute Gasteiger partial charge is 0.352 e. The average molecular weight is 470 g/mol. The maximum absolute atomic E-state index is 13.0. The van der Waals surface area contributed by atoms with Crippen LogP contribution in [0.25, 0.3) is 0 Å². The fourth-order valence-electron chi connectivity index (χ4n) is 3.06. The van der Waals surface area contributed by atoms with Crippen molar-refractivity contribution in [2.24, 2.45) is 0 Å². The number of anilines is 2. The molecule has 0 aromatic heterocycles. The molecule has 7 nitrogen and oxygen atoms in total. The van der Waals surface area contributed by atoms with Gasteiger partial charge >= 0.3 is 0 Å². The summed E-state index contributed by atoms with van der Waals surface area (Å²) in [4.78, 5) is 24.5. The maximum Gasteiger partial charge on any atom is 0.261 e. The summed E-state index contributed by atoms with van der Waals surface area (Å²) in [5.74, 6) is -1.01. The van der Waals surface area contributed by atoms with Gasteiger partial charge in [0.15, 0.2) is 0 Å². The molecule has 2 amide bonds. The molecule has 3 rings (SSSR count). The highest BCUT2D eigenvalue weighted by molar-refractivity contribution is 7.92. The normalized spacial score (nSPS) is 11.0. The molecule has 0 saturated heterocycles. The zero-order chi connectivity index (χ0) is 24.0. The van der Waals surface area contributed by atoms with Gasteiger partial charge in [-0.2, -0.15) is 0 Å². The van der Waals surface area contributed by atoms with E-state index in [4.69, 9.17) is 0 Å². The number of amides is 2. The van der Waals surface area contributed by atoms with Crippen molar-refractivity contribution in [2.75, 3.05) is 16.6 Å². The molecular weight excluding hydrogens is 445 g/mol. The first-order valence-electron chi connectivity index (χ1n) is 10.2. The van der Waals surface area contributed by atoms with Gasteiger partial charge in [-0.3, -0.25) is 14.3 Å². The van der Waals surface area contributed by atoms with E-state index in [-0.39, 0.29) is 23.1 Å². The summed E-state index contributed by atoms with van der Waals surface area (Å²) in [6.07, 6.45) is 0.0653. The minimum Gasteiger partial charge on any atom is -0.352 e. The number of sulfonamides is 1. The van der Waals surface area contributed by atoms with Gasteiger partial charge in [-0.25, -0.2) is 12.8 Å². The quantitative estimate of drug-likeness (QED) is 0.466. The van der Waals surface area contributed by atoms with Crippen LogP contribution >= 0.6 is 0 Å². The highest BCUT2D eigenvalue weighted by atomic mass is 32.2. The summed E-state index contributed by atoms with van der Waals surface area (Å²) < 4.78 is 40.3. The molecule has 3 aromatic rings. The van der Waals surface area contributed by atoms with E-state index >= 15 is 0 Å². The van der Waals surface area contributed by atoms with Gasteiger partial charge in [-0.15, -0.1) is 0 Å². The summed E-state index contributed by atoms with van der Waals surface area (Å²) in [6.45, 7) is 4.16. The topological polar surface area (TPSA) is 104 Å². The van der Waals surface area contributed by atoms with E-state index in [2.05, 4.69) is 15.4 Å². The van der Waals surface area contributed by atoms with Gasteiger partial charge in [0.2, 0.25) is 5.91 Å². The number of benzene rings is 3. The molecule has 0 aliphatic rings. The Labute approximate surface area is 192 Å². The van der Waals surface area contributed by atoms with Gasteiger partial charge in [-0.1, -0.05) is 18.2 Å². The molecule has 0 aliphatic heterocycles. The first-order valence-corrected chi connectivity index (χ1v) is 11.7. The summed E-state index contributed by atoms with van der Waals surface area (Å²) in [7, 11) is -3.86. The molecule has 3 N–H and O–H groups in total. The van der Waals surface area contributed by atoms with Gasteiger partial charge in [-0.05, 0) is 73.5 Å². The Kier molecular flexibility index (Phi) is 7.44. The van der Waals surface area contributed by atoms with Gasteiger partial charge in [0, 0.05) is 23.5 Å². The number of rotatable bonds is 8. The van der Waals surface area contributed by atoms with E-state index in [0.29, 0.717) is 29.0 Å². The third-order valence-corrected chi connectivity index (χ3v) is 6.20. The van der Waals surface area contributed by atoms with Gasteiger partial charge in [0.05, 0.1) is 11.3 Å². The maximum atomic E-state index is 13.0. The average Bonchev–Trinajstić information content (AvgIpc) is 2.77. The van der Waals surface area contributed by atoms with E-state index < -0.39 is 15.8 Å². The number of halogens is 1. The minimum absolute atomic E-state index is 0.0578. The molecule has 0 radical (unpaired) electrons. The van der Waals surface area contributed by atoms with Crippen LogP contribution in [0.5, 0.6) is 0 Å². The molecule has 0 bridgehead atoms.